The van der Waals surface area contributed by atoms with E-state index in [9.17, 15) is 9.59 Å². The van der Waals surface area contributed by atoms with E-state index >= 15 is 0 Å². The van der Waals surface area contributed by atoms with Crippen LogP contribution in [0.2, 0.25) is 0 Å². The molecular weight excluding hydrogens is 400 g/mol. The molecule has 5 N–H and O–H groups in total. The van der Waals surface area contributed by atoms with Crippen molar-refractivity contribution in [2.45, 2.75) is 58.5 Å². The molecule has 0 bridgehead atoms. The van der Waals surface area contributed by atoms with E-state index in [1.807, 2.05) is 36.9 Å². The van der Waals surface area contributed by atoms with Crippen molar-refractivity contribution in [2.24, 2.45) is 17.4 Å². The zero-order valence-corrected chi connectivity index (χ0v) is 19.6. The van der Waals surface area contributed by atoms with Crippen LogP contribution in [0.3, 0.4) is 0 Å². The summed E-state index contributed by atoms with van der Waals surface area (Å²) < 4.78 is 0. The average molecular weight is 437 g/mol. The Kier molecular flexibility index (Phi) is 7.56. The van der Waals surface area contributed by atoms with E-state index in [0.29, 0.717) is 24.6 Å². The van der Waals surface area contributed by atoms with E-state index in [1.165, 1.54) is 5.56 Å². The molecule has 1 aliphatic heterocycles. The van der Waals surface area contributed by atoms with Crippen LogP contribution in [0.4, 0.5) is 5.69 Å². The van der Waals surface area contributed by atoms with Crippen molar-refractivity contribution in [2.75, 3.05) is 18.4 Å². The number of primary amides is 1. The minimum absolute atomic E-state index is 0.0177. The third kappa shape index (κ3) is 5.49. The summed E-state index contributed by atoms with van der Waals surface area (Å²) in [5.41, 5.74) is 16.3. The maximum absolute atomic E-state index is 12.5. The fraction of sp³-hybridized carbons (Fsp3) is 0.462. The summed E-state index contributed by atoms with van der Waals surface area (Å²) >= 11 is 0. The van der Waals surface area contributed by atoms with Crippen LogP contribution in [0.15, 0.2) is 42.5 Å². The van der Waals surface area contributed by atoms with Gasteiger partial charge in [-0.3, -0.25) is 9.59 Å². The Hall–Kier alpha value is -2.86. The predicted molar refractivity (Wildman–Crippen MR) is 131 cm³/mol. The van der Waals surface area contributed by atoms with Crippen molar-refractivity contribution in [3.05, 3.63) is 53.6 Å². The summed E-state index contributed by atoms with van der Waals surface area (Å²) in [6.07, 6.45) is 1.60. The molecule has 32 heavy (non-hydrogen) atoms. The van der Waals surface area contributed by atoms with Crippen LogP contribution >= 0.6 is 0 Å². The zero-order valence-electron chi connectivity index (χ0n) is 19.6. The van der Waals surface area contributed by atoms with Crippen LogP contribution in [0, 0.1) is 5.92 Å². The van der Waals surface area contributed by atoms with Crippen molar-refractivity contribution >= 4 is 17.5 Å². The smallest absolute Gasteiger partial charge is 0.250 e. The van der Waals surface area contributed by atoms with Gasteiger partial charge in [-0.1, -0.05) is 58.0 Å². The minimum Gasteiger partial charge on any atom is -0.382 e. The Balaban J connectivity index is 1.70. The van der Waals surface area contributed by atoms with Crippen LogP contribution in [0.5, 0.6) is 0 Å². The van der Waals surface area contributed by atoms with Gasteiger partial charge in [0.15, 0.2) is 0 Å². The van der Waals surface area contributed by atoms with Gasteiger partial charge in [0.1, 0.15) is 0 Å². The predicted octanol–water partition coefficient (Wildman–Crippen LogP) is 3.96. The highest BCUT2D eigenvalue weighted by Gasteiger charge is 2.28. The first kappa shape index (κ1) is 23.8. The lowest BCUT2D eigenvalue weighted by Gasteiger charge is -2.35. The zero-order chi connectivity index (χ0) is 23.4. The maximum Gasteiger partial charge on any atom is 0.250 e. The van der Waals surface area contributed by atoms with Gasteiger partial charge >= 0.3 is 0 Å². The SMILES string of the molecule is CC(C)c1ccc(-c2ccc(NC3CCN(C(=O)C(N)C(C)C)CC3)c(C(N)=O)c2)cc1. The molecule has 1 heterocycles. The number of amides is 2. The number of likely N-dealkylation sites (tertiary alicyclic amines) is 1. The van der Waals surface area contributed by atoms with Crippen LogP contribution in [0.1, 0.15) is 62.4 Å². The van der Waals surface area contributed by atoms with Gasteiger partial charge in [0.05, 0.1) is 11.6 Å². The number of nitrogens with zero attached hydrogens (tertiary/aromatic N) is 1. The standard InChI is InChI=1S/C26H36N4O2/c1-16(2)18-5-7-19(8-6-18)20-9-10-23(22(15-20)25(28)31)29-21-11-13-30(14-12-21)26(32)24(27)17(3)4/h5-10,15-17,21,24,29H,11-14,27H2,1-4H3,(H2,28,31). The molecule has 172 valence electrons. The third-order valence-corrected chi connectivity index (χ3v) is 6.37. The summed E-state index contributed by atoms with van der Waals surface area (Å²) in [4.78, 5) is 26.5. The summed E-state index contributed by atoms with van der Waals surface area (Å²) in [5.74, 6) is 0.156. The Bertz CT molecular complexity index is 945. The van der Waals surface area contributed by atoms with Crippen LogP contribution in [-0.2, 0) is 4.79 Å². The highest BCUT2D eigenvalue weighted by molar-refractivity contribution is 6.00. The second-order valence-corrected chi connectivity index (χ2v) is 9.42. The Morgan fingerprint density at radius 2 is 1.56 bits per heavy atom. The second kappa shape index (κ2) is 10.2. The van der Waals surface area contributed by atoms with E-state index in [0.717, 1.165) is 29.7 Å². The molecule has 6 nitrogen and oxygen atoms in total. The maximum atomic E-state index is 12.5. The molecule has 1 atom stereocenters. The molecule has 1 saturated heterocycles. The van der Waals surface area contributed by atoms with Gasteiger partial charge in [0, 0.05) is 24.8 Å². The van der Waals surface area contributed by atoms with E-state index in [1.54, 1.807) is 0 Å². The Morgan fingerprint density at radius 3 is 2.09 bits per heavy atom. The molecule has 1 fully saturated rings. The van der Waals surface area contributed by atoms with Gasteiger partial charge in [0.25, 0.3) is 5.91 Å². The van der Waals surface area contributed by atoms with Gasteiger partial charge in [-0.2, -0.15) is 0 Å². The number of carbonyl (C=O) groups is 2. The molecule has 0 saturated carbocycles. The molecule has 3 rings (SSSR count). The first-order valence-electron chi connectivity index (χ1n) is 11.5. The molecule has 2 aromatic rings. The number of nitrogens with two attached hydrogens (primary N) is 2. The molecule has 6 heteroatoms. The quantitative estimate of drug-likeness (QED) is 0.611. The van der Waals surface area contributed by atoms with Gasteiger partial charge < -0.3 is 21.7 Å². The molecular formula is C26H36N4O2. The lowest BCUT2D eigenvalue weighted by Crippen LogP contribution is -2.50. The first-order chi connectivity index (χ1) is 15.2. The van der Waals surface area contributed by atoms with Crippen molar-refractivity contribution < 1.29 is 9.59 Å². The number of nitrogens with one attached hydrogen (secondary N) is 1. The van der Waals surface area contributed by atoms with Crippen molar-refractivity contribution in [1.29, 1.82) is 0 Å². The Labute approximate surface area is 191 Å². The molecule has 0 aliphatic carbocycles. The minimum atomic E-state index is -0.455. The molecule has 0 radical (unpaired) electrons. The van der Waals surface area contributed by atoms with E-state index in [-0.39, 0.29) is 17.9 Å². The van der Waals surface area contributed by atoms with E-state index in [2.05, 4.69) is 43.4 Å². The summed E-state index contributed by atoms with van der Waals surface area (Å²) in [7, 11) is 0. The highest BCUT2D eigenvalue weighted by Crippen LogP contribution is 2.28. The molecule has 0 aromatic heterocycles. The van der Waals surface area contributed by atoms with Gasteiger partial charge in [-0.25, -0.2) is 0 Å². The van der Waals surface area contributed by atoms with Gasteiger partial charge in [-0.15, -0.1) is 0 Å². The summed E-state index contributed by atoms with van der Waals surface area (Å²) in [6, 6.07) is 13.9. The average Bonchev–Trinajstić information content (AvgIpc) is 2.78. The normalized spacial score (nSPS) is 15.8. The molecule has 1 aliphatic rings. The third-order valence-electron chi connectivity index (χ3n) is 6.37. The largest absolute Gasteiger partial charge is 0.382 e. The lowest BCUT2D eigenvalue weighted by atomic mass is 9.96. The van der Waals surface area contributed by atoms with E-state index in [4.69, 9.17) is 11.5 Å². The number of piperidine rings is 1. The van der Waals surface area contributed by atoms with Crippen LogP contribution in [0.25, 0.3) is 11.1 Å². The summed E-state index contributed by atoms with van der Waals surface area (Å²) in [5, 5.41) is 3.47. The van der Waals surface area contributed by atoms with E-state index < -0.39 is 11.9 Å². The van der Waals surface area contributed by atoms with Crippen molar-refractivity contribution in [1.82, 2.24) is 4.90 Å². The summed E-state index contributed by atoms with van der Waals surface area (Å²) in [6.45, 7) is 9.57. The first-order valence-corrected chi connectivity index (χ1v) is 11.5. The molecule has 1 unspecified atom stereocenters. The van der Waals surface area contributed by atoms with Crippen LogP contribution < -0.4 is 16.8 Å². The highest BCUT2D eigenvalue weighted by atomic mass is 16.2. The lowest BCUT2D eigenvalue weighted by molar-refractivity contribution is -0.134. The fourth-order valence-corrected chi connectivity index (χ4v) is 4.07. The fourth-order valence-electron chi connectivity index (χ4n) is 4.07. The molecule has 2 aromatic carbocycles. The number of hydrogen-bond acceptors (Lipinski definition) is 4. The van der Waals surface area contributed by atoms with Gasteiger partial charge in [-0.05, 0) is 53.5 Å². The molecule has 2 amide bonds. The monoisotopic (exact) mass is 436 g/mol. The number of carbonyl (C=O) groups excluding carboxylic acids is 2. The van der Waals surface area contributed by atoms with Crippen molar-refractivity contribution in [3.8, 4) is 11.1 Å². The molecule has 0 spiro atoms. The van der Waals surface area contributed by atoms with Crippen LogP contribution in [-0.4, -0.2) is 41.9 Å². The second-order valence-electron chi connectivity index (χ2n) is 9.42. The number of hydrogen-bond donors (Lipinski definition) is 3. The number of rotatable bonds is 7. The number of benzene rings is 2. The Morgan fingerprint density at radius 1 is 0.969 bits per heavy atom. The van der Waals surface area contributed by atoms with Crippen molar-refractivity contribution in [3.63, 3.8) is 0 Å². The topological polar surface area (TPSA) is 101 Å². The number of anilines is 1. The van der Waals surface area contributed by atoms with Gasteiger partial charge in [0.2, 0.25) is 5.91 Å².